The number of halogens is 2. The van der Waals surface area contributed by atoms with Crippen molar-refractivity contribution < 1.29 is 13.6 Å². The molecule has 184 valence electrons. The van der Waals surface area contributed by atoms with Gasteiger partial charge in [-0.15, -0.1) is 0 Å². The zero-order valence-corrected chi connectivity index (χ0v) is 20.0. The molecule has 1 fully saturated rings. The van der Waals surface area contributed by atoms with Crippen LogP contribution in [0.25, 0.3) is 0 Å². The molecule has 2 heterocycles. The molecule has 0 spiro atoms. The van der Waals surface area contributed by atoms with E-state index >= 15 is 0 Å². The van der Waals surface area contributed by atoms with E-state index in [0.29, 0.717) is 17.2 Å². The van der Waals surface area contributed by atoms with Crippen LogP contribution < -0.4 is 20.9 Å². The number of benzene rings is 1. The second-order valence-electron chi connectivity index (χ2n) is 8.91. The Balaban J connectivity index is 1.34. The maximum atomic E-state index is 13.6. The van der Waals surface area contributed by atoms with Gasteiger partial charge in [0.25, 0.3) is 5.91 Å². The van der Waals surface area contributed by atoms with Gasteiger partial charge in [0.05, 0.1) is 5.56 Å². The topological polar surface area (TPSA) is 95.1 Å². The summed E-state index contributed by atoms with van der Waals surface area (Å²) in [6.45, 7) is 1.98. The van der Waals surface area contributed by atoms with Gasteiger partial charge in [-0.05, 0) is 56.9 Å². The van der Waals surface area contributed by atoms with Gasteiger partial charge in [-0.25, -0.2) is 18.7 Å². The maximum Gasteiger partial charge on any atom is 0.255 e. The van der Waals surface area contributed by atoms with Crippen molar-refractivity contribution in [1.82, 2.24) is 20.3 Å². The summed E-state index contributed by atoms with van der Waals surface area (Å²) >= 11 is 0. The van der Waals surface area contributed by atoms with E-state index in [2.05, 4.69) is 30.9 Å². The summed E-state index contributed by atoms with van der Waals surface area (Å²) in [7, 11) is 3.91. The number of carbonyl (C=O) groups excluding carboxylic acids is 1. The number of aromatic nitrogens is 3. The summed E-state index contributed by atoms with van der Waals surface area (Å²) in [6.07, 6.45) is 6.70. The standard InChI is InChI=1S/C25H29F2N7O/c1-15-14-29-25(33-23(15)34(2)3)32-17-8-6-16(7-9-17)31-24(35)19-5-4-12-28-22(19)30-18-10-11-20(26)21(27)13-18/h4-5,10-14,16-17H,6-9H2,1-3H3,(H,28,30)(H,31,35)(H,29,32,33)/t16-,17+. The van der Waals surface area contributed by atoms with E-state index in [1.807, 2.05) is 32.1 Å². The lowest BCUT2D eigenvalue weighted by Crippen LogP contribution is -2.40. The molecule has 0 radical (unpaired) electrons. The fraction of sp³-hybridized carbons (Fsp3) is 0.360. The molecular weight excluding hydrogens is 452 g/mol. The molecule has 0 atom stereocenters. The molecule has 10 heteroatoms. The van der Waals surface area contributed by atoms with Crippen LogP contribution in [-0.2, 0) is 0 Å². The number of rotatable bonds is 7. The minimum Gasteiger partial charge on any atom is -0.362 e. The highest BCUT2D eigenvalue weighted by molar-refractivity contribution is 5.99. The predicted octanol–water partition coefficient (Wildman–Crippen LogP) is 4.42. The Bertz CT molecular complexity index is 1200. The fourth-order valence-corrected chi connectivity index (χ4v) is 4.18. The van der Waals surface area contributed by atoms with Crippen molar-refractivity contribution in [3.05, 3.63) is 65.5 Å². The van der Waals surface area contributed by atoms with Crippen LogP contribution in [0, 0.1) is 18.6 Å². The van der Waals surface area contributed by atoms with Crippen LogP contribution in [0.2, 0.25) is 0 Å². The van der Waals surface area contributed by atoms with E-state index in [-0.39, 0.29) is 23.8 Å². The van der Waals surface area contributed by atoms with Crippen molar-refractivity contribution in [2.45, 2.75) is 44.7 Å². The molecule has 0 bridgehead atoms. The summed E-state index contributed by atoms with van der Waals surface area (Å²) in [5.74, 6) is -0.414. The molecule has 1 amide bonds. The van der Waals surface area contributed by atoms with E-state index in [9.17, 15) is 13.6 Å². The molecule has 3 aromatic rings. The van der Waals surface area contributed by atoms with Crippen LogP contribution in [0.15, 0.2) is 42.7 Å². The number of nitrogens with one attached hydrogen (secondary N) is 3. The van der Waals surface area contributed by atoms with Crippen molar-refractivity contribution in [2.24, 2.45) is 0 Å². The zero-order valence-electron chi connectivity index (χ0n) is 20.0. The van der Waals surface area contributed by atoms with Crippen molar-refractivity contribution in [3.63, 3.8) is 0 Å². The highest BCUT2D eigenvalue weighted by Crippen LogP contribution is 2.24. The molecular formula is C25H29F2N7O. The number of amides is 1. The van der Waals surface area contributed by atoms with Gasteiger partial charge in [0, 0.05) is 55.9 Å². The van der Waals surface area contributed by atoms with Gasteiger partial charge in [-0.3, -0.25) is 4.79 Å². The van der Waals surface area contributed by atoms with Gasteiger partial charge in [0.15, 0.2) is 11.6 Å². The summed E-state index contributed by atoms with van der Waals surface area (Å²) in [4.78, 5) is 28.2. The average molecular weight is 482 g/mol. The molecule has 0 unspecified atom stereocenters. The predicted molar refractivity (Wildman–Crippen MR) is 132 cm³/mol. The van der Waals surface area contributed by atoms with Crippen molar-refractivity contribution in [3.8, 4) is 0 Å². The molecule has 0 saturated heterocycles. The lowest BCUT2D eigenvalue weighted by Gasteiger charge is -2.30. The highest BCUT2D eigenvalue weighted by Gasteiger charge is 2.24. The molecule has 2 aromatic heterocycles. The van der Waals surface area contributed by atoms with Gasteiger partial charge in [-0.1, -0.05) is 0 Å². The zero-order chi connectivity index (χ0) is 24.9. The van der Waals surface area contributed by atoms with Crippen molar-refractivity contribution in [1.29, 1.82) is 0 Å². The first kappa shape index (κ1) is 24.3. The second kappa shape index (κ2) is 10.6. The molecule has 1 saturated carbocycles. The first-order valence-corrected chi connectivity index (χ1v) is 11.6. The first-order valence-electron chi connectivity index (χ1n) is 11.6. The summed E-state index contributed by atoms with van der Waals surface area (Å²) in [5, 5.41) is 9.40. The lowest BCUT2D eigenvalue weighted by molar-refractivity contribution is 0.0927. The van der Waals surface area contributed by atoms with Crippen LogP contribution in [-0.4, -0.2) is 47.0 Å². The van der Waals surface area contributed by atoms with E-state index in [1.54, 1.807) is 12.1 Å². The molecule has 0 aliphatic heterocycles. The van der Waals surface area contributed by atoms with Crippen LogP contribution in [0.3, 0.4) is 0 Å². The van der Waals surface area contributed by atoms with Crippen LogP contribution in [0.4, 0.5) is 32.1 Å². The van der Waals surface area contributed by atoms with Gasteiger partial charge in [0.2, 0.25) is 5.95 Å². The molecule has 8 nitrogen and oxygen atoms in total. The normalized spacial score (nSPS) is 17.5. The smallest absolute Gasteiger partial charge is 0.255 e. The molecule has 35 heavy (non-hydrogen) atoms. The molecule has 1 aromatic carbocycles. The average Bonchev–Trinajstić information content (AvgIpc) is 2.84. The number of pyridine rings is 1. The Morgan fingerprint density at radius 2 is 1.77 bits per heavy atom. The summed E-state index contributed by atoms with van der Waals surface area (Å²) in [5.41, 5.74) is 1.65. The van der Waals surface area contributed by atoms with Gasteiger partial charge in [-0.2, -0.15) is 4.98 Å². The SMILES string of the molecule is Cc1cnc(N[C@H]2CC[C@@H](NC(=O)c3cccnc3Nc3ccc(F)c(F)c3)CC2)nc1N(C)C. The second-order valence-corrected chi connectivity index (χ2v) is 8.91. The van der Waals surface area contributed by atoms with Crippen LogP contribution >= 0.6 is 0 Å². The summed E-state index contributed by atoms with van der Waals surface area (Å²) < 4.78 is 26.8. The summed E-state index contributed by atoms with van der Waals surface area (Å²) in [6, 6.07) is 7.00. The largest absolute Gasteiger partial charge is 0.362 e. The van der Waals surface area contributed by atoms with Crippen LogP contribution in [0.5, 0.6) is 0 Å². The quantitative estimate of drug-likeness (QED) is 0.460. The van der Waals surface area contributed by atoms with Gasteiger partial charge < -0.3 is 20.9 Å². The number of nitrogens with zero attached hydrogens (tertiary/aromatic N) is 4. The monoisotopic (exact) mass is 481 g/mol. The molecule has 1 aliphatic carbocycles. The molecule has 4 rings (SSSR count). The highest BCUT2D eigenvalue weighted by atomic mass is 19.2. The van der Waals surface area contributed by atoms with E-state index in [0.717, 1.165) is 49.2 Å². The third-order valence-electron chi connectivity index (χ3n) is 6.00. The Kier molecular flexibility index (Phi) is 7.38. The third-order valence-corrected chi connectivity index (χ3v) is 6.00. The Morgan fingerprint density at radius 1 is 1.03 bits per heavy atom. The van der Waals surface area contributed by atoms with Gasteiger partial charge >= 0.3 is 0 Å². The van der Waals surface area contributed by atoms with E-state index in [4.69, 9.17) is 0 Å². The number of anilines is 4. The molecule has 3 N–H and O–H groups in total. The first-order chi connectivity index (χ1) is 16.8. The lowest BCUT2D eigenvalue weighted by atomic mass is 9.91. The number of carbonyl (C=O) groups is 1. The molecule has 1 aliphatic rings. The number of aryl methyl sites for hydroxylation is 1. The van der Waals surface area contributed by atoms with Crippen molar-refractivity contribution >= 4 is 29.2 Å². The maximum absolute atomic E-state index is 13.6. The third kappa shape index (κ3) is 6.00. The van der Waals surface area contributed by atoms with E-state index < -0.39 is 11.6 Å². The fourth-order valence-electron chi connectivity index (χ4n) is 4.18. The minimum absolute atomic E-state index is 0.0214. The Hall–Kier alpha value is -3.82. The Morgan fingerprint density at radius 3 is 2.49 bits per heavy atom. The minimum atomic E-state index is -0.976. The van der Waals surface area contributed by atoms with E-state index in [1.165, 1.54) is 12.3 Å². The number of hydrogen-bond donors (Lipinski definition) is 3. The number of hydrogen-bond acceptors (Lipinski definition) is 7. The van der Waals surface area contributed by atoms with Crippen molar-refractivity contribution in [2.75, 3.05) is 29.6 Å². The Labute approximate surface area is 203 Å². The van der Waals surface area contributed by atoms with Crippen LogP contribution in [0.1, 0.15) is 41.6 Å². The van der Waals surface area contributed by atoms with Gasteiger partial charge in [0.1, 0.15) is 11.6 Å².